The van der Waals surface area contributed by atoms with Gasteiger partial charge in [0.2, 0.25) is 0 Å². The van der Waals surface area contributed by atoms with Crippen molar-refractivity contribution in [2.45, 2.75) is 38.9 Å². The molecule has 0 bridgehead atoms. The van der Waals surface area contributed by atoms with Crippen LogP contribution >= 0.6 is 0 Å². The van der Waals surface area contributed by atoms with E-state index in [-0.39, 0.29) is 0 Å². The zero-order valence-corrected chi connectivity index (χ0v) is 12.3. The third kappa shape index (κ3) is 2.42. The molecule has 0 aromatic heterocycles. The molecule has 2 rings (SSSR count). The van der Waals surface area contributed by atoms with Gasteiger partial charge in [-0.2, -0.15) is 0 Å². The van der Waals surface area contributed by atoms with Gasteiger partial charge in [0.15, 0.2) is 0 Å². The van der Waals surface area contributed by atoms with Crippen molar-refractivity contribution in [1.82, 2.24) is 0 Å². The minimum atomic E-state index is 0.674. The number of allylic oxidation sites excluding steroid dienone is 1. The molecule has 0 N–H and O–H groups in total. The van der Waals surface area contributed by atoms with Gasteiger partial charge < -0.3 is 0 Å². The molecule has 0 aliphatic carbocycles. The van der Waals surface area contributed by atoms with Crippen molar-refractivity contribution < 1.29 is 0 Å². The summed E-state index contributed by atoms with van der Waals surface area (Å²) in [5.74, 6) is 0.831. The number of aryl methyl sites for hydroxylation is 1. The molecule has 1 aliphatic heterocycles. The van der Waals surface area contributed by atoms with E-state index < -0.39 is 0 Å². The Hall–Kier alpha value is -0.521. The summed E-state index contributed by atoms with van der Waals surface area (Å²) in [6.45, 7) is 9.19. The van der Waals surface area contributed by atoms with E-state index >= 15 is 0 Å². The first-order chi connectivity index (χ1) is 7.58. The first-order valence-corrected chi connectivity index (χ1v) is 7.86. The SMILES string of the molecule is CC1=C(c2ccc(C)cc2)[Se]C(C(C)C)C1. The molecule has 1 aromatic rings. The van der Waals surface area contributed by atoms with Crippen LogP contribution in [0.25, 0.3) is 4.47 Å². The predicted octanol–water partition coefficient (Wildman–Crippen LogP) is 4.28. The van der Waals surface area contributed by atoms with E-state index in [2.05, 4.69) is 52.0 Å². The molecule has 0 radical (unpaired) electrons. The van der Waals surface area contributed by atoms with E-state index in [0.717, 1.165) is 10.7 Å². The second kappa shape index (κ2) is 4.77. The summed E-state index contributed by atoms with van der Waals surface area (Å²) in [7, 11) is 0. The molecule has 1 heterocycles. The van der Waals surface area contributed by atoms with Crippen LogP contribution in [-0.4, -0.2) is 15.0 Å². The van der Waals surface area contributed by atoms with Gasteiger partial charge in [-0.1, -0.05) is 0 Å². The summed E-state index contributed by atoms with van der Waals surface area (Å²) in [5, 5.41) is 0. The van der Waals surface area contributed by atoms with Crippen LogP contribution in [-0.2, 0) is 0 Å². The molecule has 1 unspecified atom stereocenters. The molecule has 1 aromatic carbocycles. The van der Waals surface area contributed by atoms with Crippen LogP contribution in [0, 0.1) is 12.8 Å². The fourth-order valence-corrected chi connectivity index (χ4v) is 5.15. The summed E-state index contributed by atoms with van der Waals surface area (Å²) in [4.78, 5) is 0.920. The Balaban J connectivity index is 2.22. The van der Waals surface area contributed by atoms with Crippen LogP contribution < -0.4 is 0 Å². The zero-order valence-electron chi connectivity index (χ0n) is 10.6. The molecule has 0 nitrogen and oxygen atoms in total. The second-order valence-corrected chi connectivity index (χ2v) is 7.70. The van der Waals surface area contributed by atoms with Crippen molar-refractivity contribution in [3.8, 4) is 0 Å². The monoisotopic (exact) mass is 280 g/mol. The molecule has 86 valence electrons. The van der Waals surface area contributed by atoms with Gasteiger partial charge in [0.25, 0.3) is 0 Å². The Morgan fingerprint density at radius 2 is 1.75 bits per heavy atom. The van der Waals surface area contributed by atoms with Crippen molar-refractivity contribution in [3.63, 3.8) is 0 Å². The Morgan fingerprint density at radius 1 is 1.12 bits per heavy atom. The van der Waals surface area contributed by atoms with E-state index in [0.29, 0.717) is 15.0 Å². The van der Waals surface area contributed by atoms with Gasteiger partial charge in [0.1, 0.15) is 0 Å². The van der Waals surface area contributed by atoms with Crippen LogP contribution in [0.5, 0.6) is 0 Å². The normalized spacial score (nSPS) is 20.9. The van der Waals surface area contributed by atoms with E-state index in [1.165, 1.54) is 17.5 Å². The maximum atomic E-state index is 2.36. The van der Waals surface area contributed by atoms with Gasteiger partial charge in [-0.05, 0) is 0 Å². The first-order valence-electron chi connectivity index (χ1n) is 6.01. The van der Waals surface area contributed by atoms with E-state index in [1.54, 1.807) is 10.0 Å². The van der Waals surface area contributed by atoms with Crippen molar-refractivity contribution in [2.75, 3.05) is 0 Å². The maximum absolute atomic E-state index is 2.36. The number of hydrogen-bond acceptors (Lipinski definition) is 0. The van der Waals surface area contributed by atoms with E-state index in [4.69, 9.17) is 0 Å². The first kappa shape index (κ1) is 12.0. The number of hydrogen-bond donors (Lipinski definition) is 0. The van der Waals surface area contributed by atoms with Gasteiger partial charge >= 0.3 is 105 Å². The van der Waals surface area contributed by atoms with Crippen molar-refractivity contribution in [3.05, 3.63) is 41.0 Å². The standard InChI is InChI=1S/C15H20Se/c1-10(2)14-9-12(4)15(16-14)13-7-5-11(3)6-8-13/h5-8,10,14H,9H2,1-4H3. The zero-order chi connectivity index (χ0) is 11.7. The van der Waals surface area contributed by atoms with Crippen LogP contribution in [0.4, 0.5) is 0 Å². The molecule has 0 amide bonds. The van der Waals surface area contributed by atoms with Gasteiger partial charge in [-0.25, -0.2) is 0 Å². The van der Waals surface area contributed by atoms with E-state index in [9.17, 15) is 0 Å². The summed E-state index contributed by atoms with van der Waals surface area (Å²) < 4.78 is 1.66. The van der Waals surface area contributed by atoms with E-state index in [1.807, 2.05) is 0 Å². The molecule has 0 spiro atoms. The van der Waals surface area contributed by atoms with Gasteiger partial charge in [-0.15, -0.1) is 0 Å². The molecule has 1 heteroatoms. The minimum absolute atomic E-state index is 0.674. The molecule has 1 aliphatic rings. The van der Waals surface area contributed by atoms with Crippen LogP contribution in [0.15, 0.2) is 29.8 Å². The third-order valence-electron chi connectivity index (χ3n) is 3.22. The summed E-state index contributed by atoms with van der Waals surface area (Å²) in [6.07, 6.45) is 1.32. The number of benzene rings is 1. The molecule has 0 saturated heterocycles. The van der Waals surface area contributed by atoms with Crippen molar-refractivity contribution in [2.24, 2.45) is 5.92 Å². The summed E-state index contributed by atoms with van der Waals surface area (Å²) in [6, 6.07) is 9.04. The molecular weight excluding hydrogens is 259 g/mol. The Morgan fingerprint density at radius 3 is 2.25 bits per heavy atom. The molecule has 16 heavy (non-hydrogen) atoms. The molecule has 1 atom stereocenters. The van der Waals surface area contributed by atoms with Crippen molar-refractivity contribution >= 4 is 19.4 Å². The van der Waals surface area contributed by atoms with Crippen molar-refractivity contribution in [1.29, 1.82) is 0 Å². The second-order valence-electron chi connectivity index (χ2n) is 5.08. The number of rotatable bonds is 2. The molecular formula is C15H20Se. The van der Waals surface area contributed by atoms with Gasteiger partial charge in [0, 0.05) is 0 Å². The molecule has 0 saturated carbocycles. The average molecular weight is 279 g/mol. The predicted molar refractivity (Wildman–Crippen MR) is 72.7 cm³/mol. The van der Waals surface area contributed by atoms with Crippen LogP contribution in [0.2, 0.25) is 4.82 Å². The summed E-state index contributed by atoms with van der Waals surface area (Å²) >= 11 is 0.674. The third-order valence-corrected chi connectivity index (χ3v) is 7.07. The Bertz CT molecular complexity index is 398. The van der Waals surface area contributed by atoms with Gasteiger partial charge in [0.05, 0.1) is 0 Å². The van der Waals surface area contributed by atoms with Crippen LogP contribution in [0.1, 0.15) is 38.3 Å². The average Bonchev–Trinajstić information content (AvgIpc) is 2.62. The fourth-order valence-electron chi connectivity index (χ4n) is 2.08. The molecule has 0 fully saturated rings. The van der Waals surface area contributed by atoms with Gasteiger partial charge in [-0.3, -0.25) is 0 Å². The topological polar surface area (TPSA) is 0 Å². The Labute approximate surface area is 105 Å². The van der Waals surface area contributed by atoms with Crippen LogP contribution in [0.3, 0.4) is 0 Å². The summed E-state index contributed by atoms with van der Waals surface area (Å²) in [5.41, 5.74) is 4.45. The Kier molecular flexibility index (Phi) is 3.56. The fraction of sp³-hybridized carbons (Fsp3) is 0.467. The quantitative estimate of drug-likeness (QED) is 0.709.